The maximum Gasteiger partial charge on any atom is 0.343 e. The van der Waals surface area contributed by atoms with E-state index in [1.807, 2.05) is 24.3 Å². The van der Waals surface area contributed by atoms with Gasteiger partial charge in [-0.05, 0) is 79.3 Å². The number of hydrogen-bond acceptors (Lipinski definition) is 2. The second kappa shape index (κ2) is 12.7. The van der Waals surface area contributed by atoms with Crippen molar-refractivity contribution < 1.29 is 9.53 Å². The smallest absolute Gasteiger partial charge is 0.343 e. The number of carbonyl (C=O) groups is 1. The average molecular weight is 421 g/mol. The topological polar surface area (TPSA) is 26.3 Å². The van der Waals surface area contributed by atoms with E-state index < -0.39 is 0 Å². The number of carbonyl (C=O) groups excluding carboxylic acids is 1. The Kier molecular flexibility index (Phi) is 9.65. The highest BCUT2D eigenvalue weighted by atomic mass is 16.5. The Balaban J connectivity index is 1.44. The highest BCUT2D eigenvalue weighted by Gasteiger charge is 2.25. The molecular formula is C29H40O2. The van der Waals surface area contributed by atoms with E-state index >= 15 is 0 Å². The van der Waals surface area contributed by atoms with Crippen molar-refractivity contribution >= 4 is 5.97 Å². The number of benzene rings is 2. The summed E-state index contributed by atoms with van der Waals surface area (Å²) in [5, 5.41) is 0. The first-order valence-corrected chi connectivity index (χ1v) is 12.6. The molecule has 1 aliphatic rings. The van der Waals surface area contributed by atoms with Gasteiger partial charge in [-0.1, -0.05) is 83.1 Å². The second-order valence-electron chi connectivity index (χ2n) is 9.34. The van der Waals surface area contributed by atoms with E-state index in [4.69, 9.17) is 4.74 Å². The molecule has 1 aliphatic carbocycles. The normalized spacial score (nSPS) is 18.3. The lowest BCUT2D eigenvalue weighted by molar-refractivity contribution is 0.0734. The zero-order valence-electron chi connectivity index (χ0n) is 19.6. The first kappa shape index (κ1) is 23.6. The molecular weight excluding hydrogens is 380 g/mol. The standard InChI is InChI=1S/C29H40O2/c1-3-5-6-7-8-9-11-23-13-20-28(21-14-23)31-29(30)26-18-16-25(17-19-26)27-15-12-24(22-27)10-4-2/h13-14,16-21,24,27H,3-12,15,22H2,1-2H3/t24-,27-/m1/s1. The zero-order chi connectivity index (χ0) is 21.9. The summed E-state index contributed by atoms with van der Waals surface area (Å²) in [5.74, 6) is 1.88. The van der Waals surface area contributed by atoms with Crippen LogP contribution in [0.5, 0.6) is 5.75 Å². The van der Waals surface area contributed by atoms with E-state index in [0.29, 0.717) is 17.2 Å². The Morgan fingerprint density at radius 2 is 1.55 bits per heavy atom. The molecule has 0 heterocycles. The van der Waals surface area contributed by atoms with Gasteiger partial charge in [0.1, 0.15) is 5.75 Å². The van der Waals surface area contributed by atoms with Gasteiger partial charge in [0, 0.05) is 0 Å². The number of esters is 1. The highest BCUT2D eigenvalue weighted by Crippen LogP contribution is 2.40. The highest BCUT2D eigenvalue weighted by molar-refractivity contribution is 5.91. The van der Waals surface area contributed by atoms with Crippen LogP contribution in [-0.4, -0.2) is 5.97 Å². The molecule has 2 aromatic carbocycles. The van der Waals surface area contributed by atoms with Crippen molar-refractivity contribution in [3.05, 3.63) is 65.2 Å². The third-order valence-electron chi connectivity index (χ3n) is 6.81. The van der Waals surface area contributed by atoms with E-state index in [9.17, 15) is 4.79 Å². The Morgan fingerprint density at radius 3 is 2.26 bits per heavy atom. The van der Waals surface area contributed by atoms with Crippen molar-refractivity contribution in [2.24, 2.45) is 5.92 Å². The minimum Gasteiger partial charge on any atom is -0.423 e. The Hall–Kier alpha value is -2.09. The summed E-state index contributed by atoms with van der Waals surface area (Å²) in [4.78, 5) is 12.5. The van der Waals surface area contributed by atoms with Gasteiger partial charge in [0.2, 0.25) is 0 Å². The van der Waals surface area contributed by atoms with Gasteiger partial charge in [-0.25, -0.2) is 4.79 Å². The van der Waals surface area contributed by atoms with Gasteiger partial charge in [0.25, 0.3) is 0 Å². The van der Waals surface area contributed by atoms with Gasteiger partial charge in [-0.2, -0.15) is 0 Å². The molecule has 0 aliphatic heterocycles. The van der Waals surface area contributed by atoms with Crippen LogP contribution in [0.25, 0.3) is 0 Å². The molecule has 0 bridgehead atoms. The van der Waals surface area contributed by atoms with Crippen LogP contribution in [0.4, 0.5) is 0 Å². The molecule has 168 valence electrons. The van der Waals surface area contributed by atoms with Crippen LogP contribution >= 0.6 is 0 Å². The second-order valence-corrected chi connectivity index (χ2v) is 9.34. The fourth-order valence-electron chi connectivity index (χ4n) is 4.94. The zero-order valence-corrected chi connectivity index (χ0v) is 19.6. The minimum absolute atomic E-state index is 0.273. The van der Waals surface area contributed by atoms with Crippen molar-refractivity contribution in [1.82, 2.24) is 0 Å². The van der Waals surface area contributed by atoms with Gasteiger partial charge in [0.05, 0.1) is 5.56 Å². The SMILES string of the molecule is CCCCCCCCc1ccc(OC(=O)c2ccc([C@@H]3CC[C@@H](CCC)C3)cc2)cc1. The molecule has 2 atom stereocenters. The number of ether oxygens (including phenoxy) is 1. The monoisotopic (exact) mass is 420 g/mol. The van der Waals surface area contributed by atoms with E-state index in [1.54, 1.807) is 0 Å². The maximum absolute atomic E-state index is 12.5. The quantitative estimate of drug-likeness (QED) is 0.195. The summed E-state index contributed by atoms with van der Waals surface area (Å²) in [7, 11) is 0. The maximum atomic E-state index is 12.5. The van der Waals surface area contributed by atoms with Crippen LogP contribution in [0, 0.1) is 5.92 Å². The number of aryl methyl sites for hydroxylation is 1. The lowest BCUT2D eigenvalue weighted by Crippen LogP contribution is -2.08. The van der Waals surface area contributed by atoms with Crippen molar-refractivity contribution in [3.8, 4) is 5.75 Å². The fraction of sp³-hybridized carbons (Fsp3) is 0.552. The molecule has 0 N–H and O–H groups in total. The molecule has 1 fully saturated rings. The number of hydrogen-bond donors (Lipinski definition) is 0. The van der Waals surface area contributed by atoms with Gasteiger partial charge in [0.15, 0.2) is 0 Å². The van der Waals surface area contributed by atoms with E-state index in [2.05, 4.69) is 38.1 Å². The Bertz CT molecular complexity index is 775. The van der Waals surface area contributed by atoms with Crippen LogP contribution < -0.4 is 4.74 Å². The summed E-state index contributed by atoms with van der Waals surface area (Å²) < 4.78 is 5.60. The Morgan fingerprint density at radius 1 is 0.839 bits per heavy atom. The molecule has 0 saturated heterocycles. The molecule has 1 saturated carbocycles. The molecule has 0 radical (unpaired) electrons. The summed E-state index contributed by atoms with van der Waals surface area (Å²) in [6, 6.07) is 16.1. The molecule has 0 unspecified atom stereocenters. The molecule has 2 nitrogen and oxygen atoms in total. The van der Waals surface area contributed by atoms with Crippen molar-refractivity contribution in [3.63, 3.8) is 0 Å². The van der Waals surface area contributed by atoms with Crippen LogP contribution in [0.1, 0.15) is 112 Å². The summed E-state index contributed by atoms with van der Waals surface area (Å²) in [6.07, 6.45) is 15.5. The number of rotatable bonds is 12. The predicted octanol–water partition coefficient (Wildman–Crippen LogP) is 8.49. The van der Waals surface area contributed by atoms with E-state index in [0.717, 1.165) is 12.3 Å². The average Bonchev–Trinajstić information content (AvgIpc) is 3.26. The van der Waals surface area contributed by atoms with Crippen LogP contribution in [-0.2, 0) is 6.42 Å². The number of unbranched alkanes of at least 4 members (excludes halogenated alkanes) is 5. The van der Waals surface area contributed by atoms with Gasteiger partial charge < -0.3 is 4.74 Å². The first-order chi connectivity index (χ1) is 15.2. The van der Waals surface area contributed by atoms with Crippen LogP contribution in [0.15, 0.2) is 48.5 Å². The van der Waals surface area contributed by atoms with Gasteiger partial charge in [-0.15, -0.1) is 0 Å². The van der Waals surface area contributed by atoms with Gasteiger partial charge in [-0.3, -0.25) is 0 Å². The largest absolute Gasteiger partial charge is 0.423 e. The minimum atomic E-state index is -0.273. The molecule has 2 heteroatoms. The lowest BCUT2D eigenvalue weighted by Gasteiger charge is -2.12. The summed E-state index contributed by atoms with van der Waals surface area (Å²) >= 11 is 0. The van der Waals surface area contributed by atoms with Crippen LogP contribution in [0.2, 0.25) is 0 Å². The molecule has 0 spiro atoms. The third-order valence-corrected chi connectivity index (χ3v) is 6.81. The van der Waals surface area contributed by atoms with E-state index in [-0.39, 0.29) is 5.97 Å². The van der Waals surface area contributed by atoms with Crippen molar-refractivity contribution in [2.45, 2.75) is 96.8 Å². The van der Waals surface area contributed by atoms with Crippen molar-refractivity contribution in [2.75, 3.05) is 0 Å². The molecule has 3 rings (SSSR count). The van der Waals surface area contributed by atoms with Gasteiger partial charge >= 0.3 is 5.97 Å². The lowest BCUT2D eigenvalue weighted by atomic mass is 9.94. The molecule has 0 aromatic heterocycles. The summed E-state index contributed by atoms with van der Waals surface area (Å²) in [5.41, 5.74) is 3.31. The predicted molar refractivity (Wildman–Crippen MR) is 130 cm³/mol. The fourth-order valence-corrected chi connectivity index (χ4v) is 4.94. The molecule has 0 amide bonds. The summed E-state index contributed by atoms with van der Waals surface area (Å²) in [6.45, 7) is 4.53. The third kappa shape index (κ3) is 7.52. The molecule has 2 aromatic rings. The van der Waals surface area contributed by atoms with Crippen molar-refractivity contribution in [1.29, 1.82) is 0 Å². The first-order valence-electron chi connectivity index (χ1n) is 12.6. The van der Waals surface area contributed by atoms with Crippen LogP contribution in [0.3, 0.4) is 0 Å². The van der Waals surface area contributed by atoms with E-state index in [1.165, 1.54) is 81.8 Å². The molecule has 31 heavy (non-hydrogen) atoms. The Labute approximate surface area is 189 Å².